The minimum Gasteiger partial charge on any atom is -0.466 e. The van der Waals surface area contributed by atoms with Gasteiger partial charge in [0.2, 0.25) is 0 Å². The van der Waals surface area contributed by atoms with Crippen molar-refractivity contribution in [3.63, 3.8) is 0 Å². The third kappa shape index (κ3) is 7.21. The van der Waals surface area contributed by atoms with Gasteiger partial charge in [-0.15, -0.1) is 6.58 Å². The highest BCUT2D eigenvalue weighted by Gasteiger charge is 2.09. The average Bonchev–Trinajstić information content (AvgIpc) is 2.05. The highest BCUT2D eigenvalue weighted by atomic mass is 16.5. The molecule has 0 unspecified atom stereocenters. The molecule has 0 aliphatic heterocycles. The van der Waals surface area contributed by atoms with Gasteiger partial charge in [-0.3, -0.25) is 9.59 Å². The lowest BCUT2D eigenvalue weighted by Gasteiger charge is -2.01. The number of ether oxygens (including phenoxy) is 2. The van der Waals surface area contributed by atoms with Gasteiger partial charge in [0.25, 0.3) is 0 Å². The molecule has 13 heavy (non-hydrogen) atoms. The van der Waals surface area contributed by atoms with E-state index >= 15 is 0 Å². The predicted molar refractivity (Wildman–Crippen MR) is 47.3 cm³/mol. The first-order chi connectivity index (χ1) is 6.20. The summed E-state index contributed by atoms with van der Waals surface area (Å²) in [5, 5.41) is 0. The fraction of sp³-hybridized carbons (Fsp3) is 0.556. The van der Waals surface area contributed by atoms with E-state index in [1.807, 2.05) is 0 Å². The molecule has 0 rings (SSSR count). The van der Waals surface area contributed by atoms with Crippen molar-refractivity contribution in [1.29, 1.82) is 0 Å². The number of hydrogen-bond acceptors (Lipinski definition) is 4. The molecule has 0 fully saturated rings. The van der Waals surface area contributed by atoms with Gasteiger partial charge in [0.05, 0.1) is 13.2 Å². The molecule has 0 aliphatic rings. The van der Waals surface area contributed by atoms with Crippen molar-refractivity contribution >= 4 is 11.8 Å². The van der Waals surface area contributed by atoms with Gasteiger partial charge in [-0.2, -0.15) is 0 Å². The summed E-state index contributed by atoms with van der Waals surface area (Å²) in [6.45, 7) is 5.65. The molecule has 0 saturated heterocycles. The van der Waals surface area contributed by atoms with E-state index in [2.05, 4.69) is 11.3 Å². The van der Waals surface area contributed by atoms with Crippen molar-refractivity contribution in [3.8, 4) is 0 Å². The van der Waals surface area contributed by atoms with Crippen LogP contribution in [0.3, 0.4) is 0 Å². The Balaban J connectivity index is 3.49. The molecule has 0 N–H and O–H groups in total. The van der Waals surface area contributed by atoms with E-state index in [0.29, 0.717) is 13.2 Å². The molecule has 0 aromatic rings. The number of rotatable bonds is 7. The smallest absolute Gasteiger partial charge is 0.313 e. The Morgan fingerprint density at radius 3 is 2.69 bits per heavy atom. The zero-order chi connectivity index (χ0) is 10.1. The van der Waals surface area contributed by atoms with E-state index in [0.717, 1.165) is 0 Å². The fourth-order valence-corrected chi connectivity index (χ4v) is 0.680. The van der Waals surface area contributed by atoms with Crippen LogP contribution in [0.1, 0.15) is 13.3 Å². The van der Waals surface area contributed by atoms with Crippen LogP contribution in [0.25, 0.3) is 0 Å². The minimum atomic E-state index is -0.505. The summed E-state index contributed by atoms with van der Waals surface area (Å²) in [7, 11) is 0. The summed E-state index contributed by atoms with van der Waals surface area (Å²) in [5.41, 5.74) is 0. The van der Waals surface area contributed by atoms with Gasteiger partial charge in [0, 0.05) is 0 Å². The molecular weight excluding hydrogens is 172 g/mol. The van der Waals surface area contributed by atoms with Crippen LogP contribution in [0.15, 0.2) is 12.7 Å². The summed E-state index contributed by atoms with van der Waals surface area (Å²) >= 11 is 0. The lowest BCUT2D eigenvalue weighted by Crippen LogP contribution is -2.15. The maximum Gasteiger partial charge on any atom is 0.313 e. The van der Waals surface area contributed by atoms with Crippen molar-refractivity contribution in [2.24, 2.45) is 0 Å². The normalized spacial score (nSPS) is 9.31. The van der Waals surface area contributed by atoms with Gasteiger partial charge in [-0.05, 0) is 6.92 Å². The molecule has 0 spiro atoms. The summed E-state index contributed by atoms with van der Waals surface area (Å²) < 4.78 is 9.43. The molecule has 0 amide bonds. The zero-order valence-electron chi connectivity index (χ0n) is 7.75. The van der Waals surface area contributed by atoms with E-state index < -0.39 is 5.97 Å². The van der Waals surface area contributed by atoms with Gasteiger partial charge in [0.1, 0.15) is 13.0 Å². The van der Waals surface area contributed by atoms with Crippen LogP contribution in [-0.2, 0) is 19.1 Å². The number of esters is 1. The van der Waals surface area contributed by atoms with Gasteiger partial charge < -0.3 is 9.47 Å². The monoisotopic (exact) mass is 186 g/mol. The van der Waals surface area contributed by atoms with Crippen LogP contribution < -0.4 is 0 Å². The Kier molecular flexibility index (Phi) is 6.82. The number of carbonyl (C=O) groups is 2. The first-order valence-corrected chi connectivity index (χ1v) is 4.06. The molecule has 0 radical (unpaired) electrons. The topological polar surface area (TPSA) is 52.6 Å². The summed E-state index contributed by atoms with van der Waals surface area (Å²) in [6.07, 6.45) is 1.32. The van der Waals surface area contributed by atoms with E-state index in [-0.39, 0.29) is 18.8 Å². The second-order valence-corrected chi connectivity index (χ2v) is 2.32. The van der Waals surface area contributed by atoms with Gasteiger partial charge in [-0.1, -0.05) is 6.08 Å². The van der Waals surface area contributed by atoms with E-state index in [4.69, 9.17) is 4.74 Å². The van der Waals surface area contributed by atoms with Crippen molar-refractivity contribution in [2.45, 2.75) is 13.3 Å². The lowest BCUT2D eigenvalue weighted by atomic mass is 10.3. The Hall–Kier alpha value is -1.16. The van der Waals surface area contributed by atoms with Gasteiger partial charge >= 0.3 is 5.97 Å². The fourth-order valence-electron chi connectivity index (χ4n) is 0.680. The minimum absolute atomic E-state index is 0.0646. The molecule has 4 heteroatoms. The van der Waals surface area contributed by atoms with Crippen molar-refractivity contribution < 1.29 is 19.1 Å². The van der Waals surface area contributed by atoms with Crippen molar-refractivity contribution in [1.82, 2.24) is 0 Å². The average molecular weight is 186 g/mol. The third-order valence-corrected chi connectivity index (χ3v) is 1.15. The maximum absolute atomic E-state index is 10.9. The Morgan fingerprint density at radius 1 is 1.46 bits per heavy atom. The quantitative estimate of drug-likeness (QED) is 0.254. The molecule has 0 aliphatic carbocycles. The number of Topliss-reactive ketones (excluding diaryl/α,β-unsaturated/α-hetero) is 1. The van der Waals surface area contributed by atoms with Crippen LogP contribution in [-0.4, -0.2) is 31.6 Å². The highest BCUT2D eigenvalue weighted by Crippen LogP contribution is 1.90. The first-order valence-electron chi connectivity index (χ1n) is 4.06. The van der Waals surface area contributed by atoms with Crippen LogP contribution >= 0.6 is 0 Å². The van der Waals surface area contributed by atoms with Crippen LogP contribution in [0.2, 0.25) is 0 Å². The van der Waals surface area contributed by atoms with Crippen LogP contribution in [0.5, 0.6) is 0 Å². The number of carbonyl (C=O) groups excluding carboxylic acids is 2. The molecular formula is C9H14O4. The standard InChI is InChI=1S/C9H14O4/c1-3-5-12-7-8(10)6-9(11)13-4-2/h3H,1,4-7H2,2H3. The van der Waals surface area contributed by atoms with Crippen LogP contribution in [0, 0.1) is 0 Å². The van der Waals surface area contributed by atoms with Gasteiger partial charge in [0.15, 0.2) is 5.78 Å². The SMILES string of the molecule is C=CCOCC(=O)CC(=O)OCC. The van der Waals surface area contributed by atoms with Crippen molar-refractivity contribution in [3.05, 3.63) is 12.7 Å². The van der Waals surface area contributed by atoms with E-state index in [9.17, 15) is 9.59 Å². The molecule has 0 aromatic heterocycles. The summed E-state index contributed by atoms with van der Waals surface area (Å²) in [6, 6.07) is 0. The Bertz CT molecular complexity index is 186. The summed E-state index contributed by atoms with van der Waals surface area (Å²) in [4.78, 5) is 21.7. The third-order valence-electron chi connectivity index (χ3n) is 1.15. The van der Waals surface area contributed by atoms with E-state index in [1.54, 1.807) is 6.92 Å². The molecule has 0 aromatic carbocycles. The molecule has 0 bridgehead atoms. The molecule has 0 heterocycles. The van der Waals surface area contributed by atoms with Crippen LogP contribution in [0.4, 0.5) is 0 Å². The number of hydrogen-bond donors (Lipinski definition) is 0. The molecule has 74 valence electrons. The predicted octanol–water partition coefficient (Wildman–Crippen LogP) is 0.711. The zero-order valence-corrected chi connectivity index (χ0v) is 7.75. The van der Waals surface area contributed by atoms with Crippen molar-refractivity contribution in [2.75, 3.05) is 19.8 Å². The lowest BCUT2D eigenvalue weighted by molar-refractivity contribution is -0.146. The number of ketones is 1. The second-order valence-electron chi connectivity index (χ2n) is 2.32. The Morgan fingerprint density at radius 2 is 2.15 bits per heavy atom. The van der Waals surface area contributed by atoms with E-state index in [1.165, 1.54) is 6.08 Å². The largest absolute Gasteiger partial charge is 0.466 e. The molecule has 0 atom stereocenters. The molecule has 4 nitrogen and oxygen atoms in total. The first kappa shape index (κ1) is 11.8. The van der Waals surface area contributed by atoms with Gasteiger partial charge in [-0.25, -0.2) is 0 Å². The Labute approximate surface area is 77.5 Å². The summed E-state index contributed by atoms with van der Waals surface area (Å²) in [5.74, 6) is -0.782. The second kappa shape index (κ2) is 7.49. The highest BCUT2D eigenvalue weighted by molar-refractivity contribution is 5.96. The molecule has 0 saturated carbocycles. The maximum atomic E-state index is 10.9.